The third-order valence-electron chi connectivity index (χ3n) is 4.12. The molecule has 2 aromatic rings. The maximum Gasteiger partial charge on any atom is 0.319 e. The van der Waals surface area contributed by atoms with Gasteiger partial charge in [-0.2, -0.15) is 5.26 Å². The van der Waals surface area contributed by atoms with Crippen molar-refractivity contribution >= 4 is 11.7 Å². The standard InChI is InChI=1S/C17H20N6O/c18-12-13-6-3-4-7-14(13)20-17(24)19-10-9-16-22-21-15-8-2-1-5-11-23(15)16/h3-4,6-7H,1-2,5,8-11H2,(H2,19,20,24). The zero-order valence-corrected chi connectivity index (χ0v) is 13.5. The third kappa shape index (κ3) is 3.71. The van der Waals surface area contributed by atoms with Crippen LogP contribution in [-0.2, 0) is 19.4 Å². The molecular formula is C17H20N6O. The lowest BCUT2D eigenvalue weighted by Crippen LogP contribution is -2.31. The number of aryl methyl sites for hydroxylation is 1. The fraction of sp³-hybridized carbons (Fsp3) is 0.412. The summed E-state index contributed by atoms with van der Waals surface area (Å²) in [5, 5.41) is 23.0. The number of nitrogens with one attached hydrogen (secondary N) is 2. The zero-order chi connectivity index (χ0) is 16.8. The van der Waals surface area contributed by atoms with Crippen molar-refractivity contribution < 1.29 is 4.79 Å². The molecule has 7 heteroatoms. The number of nitrogens with zero attached hydrogens (tertiary/aromatic N) is 4. The summed E-state index contributed by atoms with van der Waals surface area (Å²) in [4.78, 5) is 12.0. The van der Waals surface area contributed by atoms with Gasteiger partial charge in [0.15, 0.2) is 0 Å². The van der Waals surface area contributed by atoms with Gasteiger partial charge in [-0.3, -0.25) is 0 Å². The Bertz CT molecular complexity index is 761. The number of anilines is 1. The van der Waals surface area contributed by atoms with Crippen LogP contribution in [0.4, 0.5) is 10.5 Å². The van der Waals surface area contributed by atoms with Crippen LogP contribution in [0.2, 0.25) is 0 Å². The van der Waals surface area contributed by atoms with Gasteiger partial charge < -0.3 is 15.2 Å². The van der Waals surface area contributed by atoms with Gasteiger partial charge in [0, 0.05) is 25.9 Å². The highest BCUT2D eigenvalue weighted by Crippen LogP contribution is 2.15. The topological polar surface area (TPSA) is 95.6 Å². The molecule has 124 valence electrons. The number of fused-ring (bicyclic) bond motifs is 1. The number of para-hydroxylation sites is 1. The largest absolute Gasteiger partial charge is 0.337 e. The molecular weight excluding hydrogens is 304 g/mol. The minimum Gasteiger partial charge on any atom is -0.337 e. The molecule has 1 aromatic heterocycles. The van der Waals surface area contributed by atoms with Crippen molar-refractivity contribution in [2.24, 2.45) is 0 Å². The first-order chi connectivity index (χ1) is 11.8. The normalized spacial score (nSPS) is 13.5. The lowest BCUT2D eigenvalue weighted by atomic mass is 10.2. The van der Waals surface area contributed by atoms with E-state index in [-0.39, 0.29) is 6.03 Å². The Kier molecular flexibility index (Phi) is 5.06. The maximum absolute atomic E-state index is 12.0. The number of urea groups is 1. The Morgan fingerprint density at radius 1 is 1.25 bits per heavy atom. The summed E-state index contributed by atoms with van der Waals surface area (Å²) in [5.41, 5.74) is 0.948. The van der Waals surface area contributed by atoms with E-state index in [2.05, 4.69) is 31.5 Å². The van der Waals surface area contributed by atoms with E-state index in [1.165, 1.54) is 6.42 Å². The van der Waals surface area contributed by atoms with Gasteiger partial charge in [0.1, 0.15) is 17.7 Å². The van der Waals surface area contributed by atoms with Gasteiger partial charge in [0.25, 0.3) is 0 Å². The molecule has 2 amide bonds. The predicted molar refractivity (Wildman–Crippen MR) is 89.5 cm³/mol. The van der Waals surface area contributed by atoms with Crippen LogP contribution in [0.25, 0.3) is 0 Å². The van der Waals surface area contributed by atoms with Crippen LogP contribution in [0, 0.1) is 11.3 Å². The Labute approximate surface area is 140 Å². The van der Waals surface area contributed by atoms with Crippen LogP contribution < -0.4 is 10.6 Å². The van der Waals surface area contributed by atoms with E-state index in [0.717, 1.165) is 37.5 Å². The summed E-state index contributed by atoms with van der Waals surface area (Å²) in [6.45, 7) is 1.43. The minimum absolute atomic E-state index is 0.326. The van der Waals surface area contributed by atoms with Gasteiger partial charge >= 0.3 is 6.03 Å². The first kappa shape index (κ1) is 16.0. The van der Waals surface area contributed by atoms with E-state index in [9.17, 15) is 4.79 Å². The Hall–Kier alpha value is -2.88. The van der Waals surface area contributed by atoms with E-state index in [4.69, 9.17) is 5.26 Å². The molecule has 1 aromatic carbocycles. The highest BCUT2D eigenvalue weighted by molar-refractivity contribution is 5.90. The lowest BCUT2D eigenvalue weighted by molar-refractivity contribution is 0.252. The average molecular weight is 324 g/mol. The van der Waals surface area contributed by atoms with Crippen molar-refractivity contribution in [2.45, 2.75) is 38.6 Å². The van der Waals surface area contributed by atoms with Crippen molar-refractivity contribution in [1.29, 1.82) is 5.26 Å². The Morgan fingerprint density at radius 3 is 3.00 bits per heavy atom. The fourth-order valence-electron chi connectivity index (χ4n) is 2.87. The average Bonchev–Trinajstić information content (AvgIpc) is 2.82. The number of aromatic nitrogens is 3. The maximum atomic E-state index is 12.0. The summed E-state index contributed by atoms with van der Waals surface area (Å²) >= 11 is 0. The highest BCUT2D eigenvalue weighted by Gasteiger charge is 2.14. The van der Waals surface area contributed by atoms with Gasteiger partial charge in [-0.1, -0.05) is 18.6 Å². The first-order valence-corrected chi connectivity index (χ1v) is 8.23. The number of hydrogen-bond acceptors (Lipinski definition) is 4. The second kappa shape index (κ2) is 7.59. The van der Waals surface area contributed by atoms with Gasteiger partial charge in [-0.15, -0.1) is 10.2 Å². The molecule has 0 fully saturated rings. The summed E-state index contributed by atoms with van der Waals surface area (Å²) < 4.78 is 2.18. The Balaban J connectivity index is 1.53. The van der Waals surface area contributed by atoms with Gasteiger partial charge in [0.2, 0.25) is 0 Å². The van der Waals surface area contributed by atoms with Gasteiger partial charge in [-0.25, -0.2) is 4.79 Å². The predicted octanol–water partition coefficient (Wildman–Crippen LogP) is 2.24. The third-order valence-corrected chi connectivity index (χ3v) is 4.12. The molecule has 0 aliphatic carbocycles. The molecule has 0 saturated heterocycles. The zero-order valence-electron chi connectivity index (χ0n) is 13.5. The molecule has 0 spiro atoms. The van der Waals surface area contributed by atoms with Crippen molar-refractivity contribution in [3.05, 3.63) is 41.5 Å². The van der Waals surface area contributed by atoms with E-state index in [1.807, 2.05) is 0 Å². The van der Waals surface area contributed by atoms with Crippen LogP contribution in [-0.4, -0.2) is 27.3 Å². The van der Waals surface area contributed by atoms with E-state index >= 15 is 0 Å². The molecule has 0 bridgehead atoms. The molecule has 0 radical (unpaired) electrons. The molecule has 2 N–H and O–H groups in total. The van der Waals surface area contributed by atoms with Crippen molar-refractivity contribution in [3.63, 3.8) is 0 Å². The minimum atomic E-state index is -0.326. The Morgan fingerprint density at radius 2 is 2.12 bits per heavy atom. The van der Waals surface area contributed by atoms with E-state index in [0.29, 0.717) is 24.2 Å². The molecule has 0 saturated carbocycles. The van der Waals surface area contributed by atoms with Gasteiger partial charge in [-0.05, 0) is 25.0 Å². The molecule has 0 unspecified atom stereocenters. The molecule has 7 nitrogen and oxygen atoms in total. The van der Waals surface area contributed by atoms with E-state index < -0.39 is 0 Å². The molecule has 1 aliphatic rings. The molecule has 0 atom stereocenters. The van der Waals surface area contributed by atoms with Crippen LogP contribution in [0.3, 0.4) is 0 Å². The molecule has 24 heavy (non-hydrogen) atoms. The monoisotopic (exact) mass is 324 g/mol. The van der Waals surface area contributed by atoms with Crippen LogP contribution >= 0.6 is 0 Å². The quantitative estimate of drug-likeness (QED) is 0.901. The highest BCUT2D eigenvalue weighted by atomic mass is 16.2. The second-order valence-corrected chi connectivity index (χ2v) is 5.78. The van der Waals surface area contributed by atoms with Crippen LogP contribution in [0.1, 0.15) is 36.5 Å². The summed E-state index contributed by atoms with van der Waals surface area (Å²) in [6.07, 6.45) is 5.15. The first-order valence-electron chi connectivity index (χ1n) is 8.23. The van der Waals surface area contributed by atoms with Crippen molar-refractivity contribution in [3.8, 4) is 6.07 Å². The lowest BCUT2D eigenvalue weighted by Gasteiger charge is -2.09. The number of carbonyl (C=O) groups excluding carboxylic acids is 1. The second-order valence-electron chi connectivity index (χ2n) is 5.78. The van der Waals surface area contributed by atoms with Gasteiger partial charge in [0.05, 0.1) is 11.3 Å². The van der Waals surface area contributed by atoms with Crippen molar-refractivity contribution in [1.82, 2.24) is 20.1 Å². The number of carbonyl (C=O) groups is 1. The van der Waals surface area contributed by atoms with Crippen LogP contribution in [0.15, 0.2) is 24.3 Å². The van der Waals surface area contributed by atoms with Crippen LogP contribution in [0.5, 0.6) is 0 Å². The number of amides is 2. The number of hydrogen-bond donors (Lipinski definition) is 2. The number of rotatable bonds is 4. The summed E-state index contributed by atoms with van der Waals surface area (Å²) in [6, 6.07) is 8.64. The molecule has 1 aliphatic heterocycles. The SMILES string of the molecule is N#Cc1ccccc1NC(=O)NCCc1nnc2n1CCCCC2. The summed E-state index contributed by atoms with van der Waals surface area (Å²) in [5.74, 6) is 1.97. The smallest absolute Gasteiger partial charge is 0.319 e. The fourth-order valence-corrected chi connectivity index (χ4v) is 2.87. The van der Waals surface area contributed by atoms with Crippen molar-refractivity contribution in [2.75, 3.05) is 11.9 Å². The van der Waals surface area contributed by atoms with E-state index in [1.54, 1.807) is 24.3 Å². The summed E-state index contributed by atoms with van der Waals surface area (Å²) in [7, 11) is 0. The molecule has 3 rings (SSSR count). The number of benzene rings is 1. The molecule has 2 heterocycles. The number of nitriles is 1.